The molecule has 2 aromatic heterocycles. The van der Waals surface area contributed by atoms with Crippen LogP contribution in [0.15, 0.2) is 162 Å². The molecular weight excluding hydrogens is 528 g/mol. The highest BCUT2D eigenvalue weighted by Crippen LogP contribution is 2.37. The molecule has 0 bridgehead atoms. The third-order valence-corrected chi connectivity index (χ3v) is 7.79. The zero-order valence-corrected chi connectivity index (χ0v) is 23.2. The van der Waals surface area contributed by atoms with E-state index >= 15 is 0 Å². The van der Waals surface area contributed by atoms with Gasteiger partial charge in [0.25, 0.3) is 5.89 Å². The first kappa shape index (κ1) is 24.8. The summed E-state index contributed by atoms with van der Waals surface area (Å²) in [7, 11) is 0. The van der Waals surface area contributed by atoms with E-state index < -0.39 is 0 Å². The molecule has 0 amide bonds. The van der Waals surface area contributed by atoms with Crippen LogP contribution < -0.4 is 4.90 Å². The van der Waals surface area contributed by atoms with Crippen LogP contribution in [0, 0.1) is 0 Å². The molecular formula is C38H26N4O. The summed E-state index contributed by atoms with van der Waals surface area (Å²) in [6.45, 7) is 0. The van der Waals surface area contributed by atoms with Crippen LogP contribution in [0.4, 0.5) is 17.1 Å². The number of aromatic nitrogens is 3. The topological polar surface area (TPSA) is 47.1 Å². The third kappa shape index (κ3) is 4.44. The third-order valence-electron chi connectivity index (χ3n) is 7.79. The van der Waals surface area contributed by atoms with E-state index in [1.807, 2.05) is 48.5 Å². The van der Waals surface area contributed by atoms with Crippen LogP contribution in [0.3, 0.4) is 0 Å². The Morgan fingerprint density at radius 3 is 1.60 bits per heavy atom. The summed E-state index contributed by atoms with van der Waals surface area (Å²) < 4.78 is 7.94. The van der Waals surface area contributed by atoms with Crippen molar-refractivity contribution in [2.24, 2.45) is 0 Å². The maximum absolute atomic E-state index is 5.61. The Kier molecular flexibility index (Phi) is 6.05. The van der Waals surface area contributed by atoms with Gasteiger partial charge >= 0.3 is 0 Å². The normalized spacial score (nSPS) is 11.3. The molecule has 0 saturated heterocycles. The molecule has 0 atom stereocenters. The lowest BCUT2D eigenvalue weighted by Crippen LogP contribution is -2.10. The molecule has 204 valence electrons. The second kappa shape index (κ2) is 10.5. The van der Waals surface area contributed by atoms with Gasteiger partial charge in [0.2, 0.25) is 5.82 Å². The van der Waals surface area contributed by atoms with Crippen LogP contribution >= 0.6 is 0 Å². The minimum Gasteiger partial charge on any atom is -0.334 e. The number of hydrogen-bond donors (Lipinski definition) is 0. The summed E-state index contributed by atoms with van der Waals surface area (Å²) in [5.74, 6) is 1.07. The number of fused-ring (bicyclic) bond motifs is 3. The van der Waals surface area contributed by atoms with Gasteiger partial charge in [-0.1, -0.05) is 90.1 Å². The van der Waals surface area contributed by atoms with Crippen molar-refractivity contribution >= 4 is 38.9 Å². The first-order valence-electron chi connectivity index (χ1n) is 14.3. The average Bonchev–Trinajstić information content (AvgIpc) is 3.71. The Morgan fingerprint density at radius 2 is 0.977 bits per heavy atom. The van der Waals surface area contributed by atoms with Gasteiger partial charge in [-0.3, -0.25) is 0 Å². The Bertz CT molecular complexity index is 2110. The van der Waals surface area contributed by atoms with Gasteiger partial charge in [0.15, 0.2) is 0 Å². The van der Waals surface area contributed by atoms with E-state index in [2.05, 4.69) is 129 Å². The number of nitrogens with zero attached hydrogens (tertiary/aromatic N) is 4. The smallest absolute Gasteiger partial charge is 0.258 e. The van der Waals surface area contributed by atoms with Crippen LogP contribution in [-0.4, -0.2) is 14.7 Å². The lowest BCUT2D eigenvalue weighted by Gasteiger charge is -2.26. The summed E-state index contributed by atoms with van der Waals surface area (Å²) in [5, 5.41) is 6.69. The summed E-state index contributed by atoms with van der Waals surface area (Å²) in [6, 6.07) is 54.4. The van der Waals surface area contributed by atoms with Crippen molar-refractivity contribution in [3.63, 3.8) is 0 Å². The van der Waals surface area contributed by atoms with Gasteiger partial charge in [-0.05, 0) is 72.8 Å². The summed E-state index contributed by atoms with van der Waals surface area (Å²) in [5.41, 5.74) is 8.47. The molecule has 8 rings (SSSR count). The molecule has 43 heavy (non-hydrogen) atoms. The van der Waals surface area contributed by atoms with Crippen LogP contribution in [0.2, 0.25) is 0 Å². The van der Waals surface area contributed by atoms with Crippen LogP contribution in [0.1, 0.15) is 0 Å². The lowest BCUT2D eigenvalue weighted by molar-refractivity contribution is 0.432. The second-order valence-electron chi connectivity index (χ2n) is 10.4. The number of benzene rings is 6. The molecule has 6 aromatic carbocycles. The highest BCUT2D eigenvalue weighted by atomic mass is 16.5. The Morgan fingerprint density at radius 1 is 0.465 bits per heavy atom. The molecule has 0 N–H and O–H groups in total. The highest BCUT2D eigenvalue weighted by Gasteiger charge is 2.16. The first-order chi connectivity index (χ1) is 21.3. The van der Waals surface area contributed by atoms with E-state index in [1.54, 1.807) is 0 Å². The standard InChI is InChI=1S/C38H26N4O/c1-3-11-27(12-4-1)37-39-38(43-40-37)28-19-21-30(22-20-28)41(29-13-5-2-6-14-29)31-23-25-32(26-24-31)42-35-17-9-7-15-33(35)34-16-8-10-18-36(34)42/h1-26H. The van der Waals surface area contributed by atoms with Gasteiger partial charge in [-0.25, -0.2) is 0 Å². The van der Waals surface area contributed by atoms with Crippen molar-refractivity contribution < 1.29 is 4.52 Å². The fourth-order valence-corrected chi connectivity index (χ4v) is 5.77. The Labute approximate surface area is 248 Å². The number of para-hydroxylation sites is 3. The van der Waals surface area contributed by atoms with Crippen molar-refractivity contribution in [1.82, 2.24) is 14.7 Å². The van der Waals surface area contributed by atoms with Gasteiger partial charge < -0.3 is 14.0 Å². The van der Waals surface area contributed by atoms with Crippen LogP contribution in [0.5, 0.6) is 0 Å². The van der Waals surface area contributed by atoms with E-state index in [0.29, 0.717) is 11.7 Å². The summed E-state index contributed by atoms with van der Waals surface area (Å²) in [4.78, 5) is 6.88. The molecule has 0 unspecified atom stereocenters. The minimum absolute atomic E-state index is 0.493. The van der Waals surface area contributed by atoms with E-state index in [9.17, 15) is 0 Å². The molecule has 0 spiro atoms. The quantitative estimate of drug-likeness (QED) is 0.205. The molecule has 8 aromatic rings. The van der Waals surface area contributed by atoms with Gasteiger partial charge in [-0.2, -0.15) is 4.98 Å². The van der Waals surface area contributed by atoms with Crippen molar-refractivity contribution in [2.45, 2.75) is 0 Å². The molecule has 0 aliphatic carbocycles. The zero-order valence-electron chi connectivity index (χ0n) is 23.2. The van der Waals surface area contributed by atoms with Gasteiger partial charge in [0, 0.05) is 44.6 Å². The maximum atomic E-state index is 5.61. The van der Waals surface area contributed by atoms with Crippen molar-refractivity contribution in [3.8, 4) is 28.5 Å². The molecule has 2 heterocycles. The Balaban J connectivity index is 1.16. The average molecular weight is 555 g/mol. The molecule has 0 fully saturated rings. The summed E-state index contributed by atoms with van der Waals surface area (Å²) >= 11 is 0. The Hall–Kier alpha value is -5.94. The van der Waals surface area contributed by atoms with Crippen molar-refractivity contribution in [1.29, 1.82) is 0 Å². The monoisotopic (exact) mass is 554 g/mol. The minimum atomic E-state index is 0.493. The van der Waals surface area contributed by atoms with E-state index in [1.165, 1.54) is 21.8 Å². The maximum Gasteiger partial charge on any atom is 0.258 e. The molecule has 0 aliphatic rings. The predicted octanol–water partition coefficient (Wildman–Crippen LogP) is 9.97. The fourth-order valence-electron chi connectivity index (χ4n) is 5.77. The largest absolute Gasteiger partial charge is 0.334 e. The SMILES string of the molecule is c1ccc(-c2noc(-c3ccc(N(c4ccccc4)c4ccc(-n5c6ccccc6c6ccccc65)cc4)cc3)n2)cc1. The molecule has 5 nitrogen and oxygen atoms in total. The molecule has 5 heteroatoms. The fraction of sp³-hybridized carbons (Fsp3) is 0. The number of hydrogen-bond acceptors (Lipinski definition) is 4. The highest BCUT2D eigenvalue weighted by molar-refractivity contribution is 6.09. The van der Waals surface area contributed by atoms with Gasteiger partial charge in [0.05, 0.1) is 11.0 Å². The zero-order chi connectivity index (χ0) is 28.6. The van der Waals surface area contributed by atoms with E-state index in [-0.39, 0.29) is 0 Å². The first-order valence-corrected chi connectivity index (χ1v) is 14.3. The molecule has 0 aliphatic heterocycles. The van der Waals surface area contributed by atoms with Gasteiger partial charge in [-0.15, -0.1) is 0 Å². The number of rotatable bonds is 6. The predicted molar refractivity (Wildman–Crippen MR) is 174 cm³/mol. The second-order valence-corrected chi connectivity index (χ2v) is 10.4. The molecule has 0 saturated carbocycles. The lowest BCUT2D eigenvalue weighted by atomic mass is 10.1. The van der Waals surface area contributed by atoms with Crippen LogP contribution in [-0.2, 0) is 0 Å². The van der Waals surface area contributed by atoms with Gasteiger partial charge in [0.1, 0.15) is 0 Å². The summed E-state index contributed by atoms with van der Waals surface area (Å²) in [6.07, 6.45) is 0. The van der Waals surface area contributed by atoms with Crippen molar-refractivity contribution in [3.05, 3.63) is 158 Å². The van der Waals surface area contributed by atoms with E-state index in [4.69, 9.17) is 4.52 Å². The van der Waals surface area contributed by atoms with Crippen molar-refractivity contribution in [2.75, 3.05) is 4.90 Å². The molecule has 0 radical (unpaired) electrons. The van der Waals surface area contributed by atoms with E-state index in [0.717, 1.165) is 33.9 Å². The van der Waals surface area contributed by atoms with Crippen LogP contribution in [0.25, 0.3) is 50.3 Å². The number of anilines is 3.